The first-order valence-electron chi connectivity index (χ1n) is 8.97. The molecule has 2 N–H and O–H groups in total. The van der Waals surface area contributed by atoms with Crippen LogP contribution >= 0.6 is 0 Å². The van der Waals surface area contributed by atoms with E-state index in [1.807, 2.05) is 17.0 Å². The SMILES string of the molecule is O=C(c1cnccn1)N1CCN(C(=O)C2CC(c3ccncc3)NN2)CC1. The highest BCUT2D eigenvalue weighted by Gasteiger charge is 2.34. The van der Waals surface area contributed by atoms with Crippen LogP contribution in [0, 0.1) is 0 Å². The Morgan fingerprint density at radius 2 is 1.67 bits per heavy atom. The van der Waals surface area contributed by atoms with Crippen molar-refractivity contribution in [3.05, 3.63) is 54.4 Å². The molecule has 2 aromatic rings. The van der Waals surface area contributed by atoms with Crippen LogP contribution in [0.25, 0.3) is 0 Å². The number of nitrogens with one attached hydrogen (secondary N) is 2. The van der Waals surface area contributed by atoms with Crippen LogP contribution in [0.1, 0.15) is 28.5 Å². The molecule has 0 saturated carbocycles. The second-order valence-electron chi connectivity index (χ2n) is 6.62. The Kier molecular flexibility index (Phi) is 5.03. The van der Waals surface area contributed by atoms with E-state index in [2.05, 4.69) is 25.8 Å². The molecule has 2 aliphatic rings. The van der Waals surface area contributed by atoms with Gasteiger partial charge >= 0.3 is 0 Å². The lowest BCUT2D eigenvalue weighted by Gasteiger charge is -2.35. The van der Waals surface area contributed by atoms with Crippen molar-refractivity contribution < 1.29 is 9.59 Å². The number of piperazine rings is 1. The predicted octanol–water partition coefficient (Wildman–Crippen LogP) is -0.236. The predicted molar refractivity (Wildman–Crippen MR) is 96.2 cm³/mol. The van der Waals surface area contributed by atoms with Gasteiger partial charge in [-0.3, -0.25) is 19.6 Å². The number of carbonyl (C=O) groups is 2. The minimum absolute atomic E-state index is 0.0608. The van der Waals surface area contributed by atoms with Gasteiger partial charge in [0.1, 0.15) is 11.7 Å². The van der Waals surface area contributed by atoms with E-state index >= 15 is 0 Å². The molecule has 9 heteroatoms. The summed E-state index contributed by atoms with van der Waals surface area (Å²) < 4.78 is 0. The van der Waals surface area contributed by atoms with Crippen LogP contribution < -0.4 is 10.9 Å². The Hall–Kier alpha value is -2.91. The van der Waals surface area contributed by atoms with Crippen molar-refractivity contribution in [1.82, 2.24) is 35.6 Å². The summed E-state index contributed by atoms with van der Waals surface area (Å²) in [6.07, 6.45) is 8.69. The van der Waals surface area contributed by atoms with Crippen molar-refractivity contribution in [3.63, 3.8) is 0 Å². The van der Waals surface area contributed by atoms with E-state index in [4.69, 9.17) is 0 Å². The first kappa shape index (κ1) is 17.5. The summed E-state index contributed by atoms with van der Waals surface area (Å²) in [5.41, 5.74) is 7.72. The summed E-state index contributed by atoms with van der Waals surface area (Å²) in [5, 5.41) is 0. The van der Waals surface area contributed by atoms with Crippen LogP contribution in [0.5, 0.6) is 0 Å². The van der Waals surface area contributed by atoms with Crippen LogP contribution in [0.15, 0.2) is 43.1 Å². The molecule has 2 aromatic heterocycles. The van der Waals surface area contributed by atoms with Gasteiger partial charge in [-0.15, -0.1) is 0 Å². The zero-order chi connectivity index (χ0) is 18.6. The van der Waals surface area contributed by atoms with E-state index in [0.29, 0.717) is 38.3 Å². The van der Waals surface area contributed by atoms with Gasteiger partial charge in [-0.2, -0.15) is 0 Å². The molecule has 0 radical (unpaired) electrons. The maximum absolute atomic E-state index is 12.8. The summed E-state index contributed by atoms with van der Waals surface area (Å²) in [6.45, 7) is 2.02. The lowest BCUT2D eigenvalue weighted by Crippen LogP contribution is -2.54. The molecule has 2 amide bonds. The Morgan fingerprint density at radius 1 is 0.926 bits per heavy atom. The van der Waals surface area contributed by atoms with Crippen molar-refractivity contribution in [2.45, 2.75) is 18.5 Å². The summed E-state index contributed by atoms with van der Waals surface area (Å²) in [7, 11) is 0. The normalized spacial score (nSPS) is 22.7. The molecule has 9 nitrogen and oxygen atoms in total. The number of pyridine rings is 1. The monoisotopic (exact) mass is 367 g/mol. The van der Waals surface area contributed by atoms with Crippen LogP contribution in [-0.2, 0) is 4.79 Å². The largest absolute Gasteiger partial charge is 0.338 e. The van der Waals surface area contributed by atoms with Gasteiger partial charge in [0.25, 0.3) is 5.91 Å². The van der Waals surface area contributed by atoms with Crippen LogP contribution in [0.2, 0.25) is 0 Å². The number of hydrazine groups is 1. The van der Waals surface area contributed by atoms with Crippen molar-refractivity contribution in [3.8, 4) is 0 Å². The number of hydrogen-bond donors (Lipinski definition) is 2. The summed E-state index contributed by atoms with van der Waals surface area (Å²) in [5.74, 6) is -0.0840. The highest BCUT2D eigenvalue weighted by atomic mass is 16.2. The average Bonchev–Trinajstić information content (AvgIpc) is 3.24. The minimum atomic E-state index is -0.273. The summed E-state index contributed by atoms with van der Waals surface area (Å²) in [4.78, 5) is 40.8. The second kappa shape index (κ2) is 7.77. The summed E-state index contributed by atoms with van der Waals surface area (Å²) in [6, 6.07) is 3.71. The maximum atomic E-state index is 12.8. The number of rotatable bonds is 3. The number of amides is 2. The molecule has 2 fully saturated rings. The molecule has 2 aliphatic heterocycles. The van der Waals surface area contributed by atoms with Gasteiger partial charge in [0, 0.05) is 57.0 Å². The van der Waals surface area contributed by atoms with E-state index in [-0.39, 0.29) is 23.9 Å². The molecule has 0 bridgehead atoms. The van der Waals surface area contributed by atoms with Crippen molar-refractivity contribution >= 4 is 11.8 Å². The van der Waals surface area contributed by atoms with Crippen molar-refractivity contribution in [2.24, 2.45) is 0 Å². The van der Waals surface area contributed by atoms with Gasteiger partial charge in [-0.25, -0.2) is 15.8 Å². The Balaban J connectivity index is 1.31. The van der Waals surface area contributed by atoms with Gasteiger partial charge in [-0.05, 0) is 24.1 Å². The lowest BCUT2D eigenvalue weighted by atomic mass is 10.0. The van der Waals surface area contributed by atoms with E-state index in [1.54, 1.807) is 17.3 Å². The maximum Gasteiger partial charge on any atom is 0.274 e. The van der Waals surface area contributed by atoms with Crippen molar-refractivity contribution in [1.29, 1.82) is 0 Å². The lowest BCUT2D eigenvalue weighted by molar-refractivity contribution is -0.134. The van der Waals surface area contributed by atoms with Gasteiger partial charge in [0.2, 0.25) is 5.91 Å². The van der Waals surface area contributed by atoms with E-state index in [9.17, 15) is 9.59 Å². The third kappa shape index (κ3) is 3.79. The first-order valence-corrected chi connectivity index (χ1v) is 8.97. The molecule has 27 heavy (non-hydrogen) atoms. The van der Waals surface area contributed by atoms with E-state index in [0.717, 1.165) is 5.56 Å². The molecule has 140 valence electrons. The van der Waals surface area contributed by atoms with Crippen molar-refractivity contribution in [2.75, 3.05) is 26.2 Å². The minimum Gasteiger partial charge on any atom is -0.338 e. The fourth-order valence-corrected chi connectivity index (χ4v) is 3.45. The van der Waals surface area contributed by atoms with Gasteiger partial charge in [0.15, 0.2) is 0 Å². The second-order valence-corrected chi connectivity index (χ2v) is 6.62. The fourth-order valence-electron chi connectivity index (χ4n) is 3.45. The third-order valence-corrected chi connectivity index (χ3v) is 4.97. The third-order valence-electron chi connectivity index (χ3n) is 4.97. The standard InChI is InChI=1S/C18H21N7O2/c26-17(15-11-14(22-23-15)13-1-3-19-4-2-13)24-7-9-25(10-8-24)18(27)16-12-20-5-6-21-16/h1-6,12,14-15,22-23H,7-11H2. The van der Waals surface area contributed by atoms with Crippen LogP contribution in [-0.4, -0.2) is 68.8 Å². The molecule has 2 atom stereocenters. The van der Waals surface area contributed by atoms with E-state index in [1.165, 1.54) is 18.6 Å². The van der Waals surface area contributed by atoms with Gasteiger partial charge in [0.05, 0.1) is 6.20 Å². The smallest absolute Gasteiger partial charge is 0.274 e. The first-order chi connectivity index (χ1) is 13.2. The summed E-state index contributed by atoms with van der Waals surface area (Å²) >= 11 is 0. The molecule has 4 rings (SSSR count). The van der Waals surface area contributed by atoms with Crippen LogP contribution in [0.4, 0.5) is 0 Å². The number of hydrogen-bond acceptors (Lipinski definition) is 7. The zero-order valence-corrected chi connectivity index (χ0v) is 14.8. The Morgan fingerprint density at radius 3 is 2.37 bits per heavy atom. The van der Waals surface area contributed by atoms with E-state index < -0.39 is 0 Å². The van der Waals surface area contributed by atoms with Crippen LogP contribution in [0.3, 0.4) is 0 Å². The molecule has 4 heterocycles. The average molecular weight is 367 g/mol. The molecule has 2 saturated heterocycles. The fraction of sp³-hybridized carbons (Fsp3) is 0.389. The molecule has 0 spiro atoms. The van der Waals surface area contributed by atoms with Gasteiger partial charge in [-0.1, -0.05) is 0 Å². The highest BCUT2D eigenvalue weighted by molar-refractivity contribution is 5.92. The number of nitrogens with zero attached hydrogens (tertiary/aromatic N) is 5. The Labute approximate surface area is 156 Å². The topological polar surface area (TPSA) is 103 Å². The molecular formula is C18H21N7O2. The quantitative estimate of drug-likeness (QED) is 0.772. The van der Waals surface area contributed by atoms with Gasteiger partial charge < -0.3 is 9.80 Å². The molecule has 2 unspecified atom stereocenters. The molecule has 0 aromatic carbocycles. The Bertz CT molecular complexity index is 794. The molecular weight excluding hydrogens is 346 g/mol. The zero-order valence-electron chi connectivity index (χ0n) is 14.8. The molecule has 0 aliphatic carbocycles. The highest BCUT2D eigenvalue weighted by Crippen LogP contribution is 2.22. The number of carbonyl (C=O) groups excluding carboxylic acids is 2. The number of aromatic nitrogens is 3.